The zero-order chi connectivity index (χ0) is 16.4. The first-order valence-electron chi connectivity index (χ1n) is 7.92. The van der Waals surface area contributed by atoms with Gasteiger partial charge in [0.1, 0.15) is 5.01 Å². The molecule has 0 fully saturated rings. The van der Waals surface area contributed by atoms with Crippen LogP contribution in [0.5, 0.6) is 0 Å². The van der Waals surface area contributed by atoms with E-state index in [9.17, 15) is 4.79 Å². The Labute approximate surface area is 140 Å². The highest BCUT2D eigenvalue weighted by molar-refractivity contribution is 7.11. The van der Waals surface area contributed by atoms with Crippen LogP contribution >= 0.6 is 11.3 Å². The number of carbonyl (C=O) groups is 1. The van der Waals surface area contributed by atoms with Gasteiger partial charge in [0.25, 0.3) is 5.91 Å². The SMILES string of the molecule is Cc1cnc(CNC(=O)c2cnn3c2CC(CN(C)C)CC3)s1. The summed E-state index contributed by atoms with van der Waals surface area (Å²) >= 11 is 1.61. The van der Waals surface area contributed by atoms with Gasteiger partial charge in [-0.3, -0.25) is 9.48 Å². The van der Waals surface area contributed by atoms with Crippen molar-refractivity contribution in [3.63, 3.8) is 0 Å². The van der Waals surface area contributed by atoms with E-state index in [1.807, 2.05) is 17.8 Å². The molecule has 1 amide bonds. The van der Waals surface area contributed by atoms with E-state index >= 15 is 0 Å². The van der Waals surface area contributed by atoms with Gasteiger partial charge in [-0.25, -0.2) is 4.98 Å². The van der Waals surface area contributed by atoms with Gasteiger partial charge in [0.15, 0.2) is 0 Å². The fourth-order valence-electron chi connectivity index (χ4n) is 3.10. The van der Waals surface area contributed by atoms with Gasteiger partial charge in [-0.2, -0.15) is 5.10 Å². The predicted molar refractivity (Wildman–Crippen MR) is 90.6 cm³/mol. The van der Waals surface area contributed by atoms with Crippen LogP contribution in [0.4, 0.5) is 0 Å². The van der Waals surface area contributed by atoms with Gasteiger partial charge in [-0.1, -0.05) is 0 Å². The topological polar surface area (TPSA) is 63.1 Å². The fourth-order valence-corrected chi connectivity index (χ4v) is 3.82. The molecule has 3 heterocycles. The first kappa shape index (κ1) is 16.1. The molecular formula is C16H23N5OS. The van der Waals surface area contributed by atoms with Crippen molar-refractivity contribution < 1.29 is 4.79 Å². The highest BCUT2D eigenvalue weighted by Gasteiger charge is 2.25. The summed E-state index contributed by atoms with van der Waals surface area (Å²) in [6.07, 6.45) is 5.57. The smallest absolute Gasteiger partial charge is 0.255 e. The lowest BCUT2D eigenvalue weighted by Gasteiger charge is -2.26. The molecule has 7 heteroatoms. The first-order valence-corrected chi connectivity index (χ1v) is 8.73. The van der Waals surface area contributed by atoms with Gasteiger partial charge in [0, 0.05) is 24.2 Å². The third-order valence-corrected chi connectivity index (χ3v) is 5.03. The van der Waals surface area contributed by atoms with E-state index in [0.717, 1.165) is 41.5 Å². The molecule has 0 saturated carbocycles. The molecule has 1 N–H and O–H groups in total. The number of carbonyl (C=O) groups excluding carboxylic acids is 1. The Bertz CT molecular complexity index is 690. The number of hydrogen-bond donors (Lipinski definition) is 1. The van der Waals surface area contributed by atoms with Gasteiger partial charge < -0.3 is 10.2 Å². The molecule has 0 aliphatic carbocycles. The molecule has 6 nitrogen and oxygen atoms in total. The molecule has 0 bridgehead atoms. The maximum atomic E-state index is 12.5. The molecule has 1 atom stereocenters. The van der Waals surface area contributed by atoms with Crippen molar-refractivity contribution in [2.75, 3.05) is 20.6 Å². The summed E-state index contributed by atoms with van der Waals surface area (Å²) in [5.41, 5.74) is 1.78. The molecular weight excluding hydrogens is 310 g/mol. The Balaban J connectivity index is 1.66. The summed E-state index contributed by atoms with van der Waals surface area (Å²) in [7, 11) is 4.19. The first-order chi connectivity index (χ1) is 11.0. The monoisotopic (exact) mass is 333 g/mol. The average Bonchev–Trinajstić information content (AvgIpc) is 3.10. The van der Waals surface area contributed by atoms with Crippen LogP contribution in [0.1, 0.15) is 32.4 Å². The van der Waals surface area contributed by atoms with E-state index in [2.05, 4.69) is 34.4 Å². The standard InChI is InChI=1S/C16H23N5OS/c1-11-7-17-15(23-11)9-18-16(22)13-8-19-21-5-4-12(6-14(13)21)10-20(2)3/h7-8,12H,4-6,9-10H2,1-3H3,(H,18,22). The van der Waals surface area contributed by atoms with Crippen molar-refractivity contribution in [2.45, 2.75) is 32.9 Å². The second kappa shape index (κ2) is 6.80. The second-order valence-corrected chi connectivity index (χ2v) is 7.72. The largest absolute Gasteiger partial charge is 0.345 e. The number of aryl methyl sites for hydroxylation is 2. The number of hydrogen-bond acceptors (Lipinski definition) is 5. The van der Waals surface area contributed by atoms with Crippen LogP contribution in [0.15, 0.2) is 12.4 Å². The summed E-state index contributed by atoms with van der Waals surface area (Å²) in [6.45, 7) is 4.43. The highest BCUT2D eigenvalue weighted by Crippen LogP contribution is 2.23. The fraction of sp³-hybridized carbons (Fsp3) is 0.562. The van der Waals surface area contributed by atoms with Gasteiger partial charge in [0.05, 0.1) is 24.0 Å². The molecule has 1 aliphatic rings. The van der Waals surface area contributed by atoms with Crippen molar-refractivity contribution in [1.29, 1.82) is 0 Å². The number of nitrogens with zero attached hydrogens (tertiary/aromatic N) is 4. The number of fused-ring (bicyclic) bond motifs is 1. The van der Waals surface area contributed by atoms with Crippen LogP contribution in [-0.4, -0.2) is 46.2 Å². The molecule has 0 aromatic carbocycles. The molecule has 1 unspecified atom stereocenters. The predicted octanol–water partition coefficient (Wildman–Crippen LogP) is 1.70. The summed E-state index contributed by atoms with van der Waals surface area (Å²) in [6, 6.07) is 0. The van der Waals surface area contributed by atoms with E-state index in [4.69, 9.17) is 0 Å². The summed E-state index contributed by atoms with van der Waals surface area (Å²) in [5, 5.41) is 8.28. The Morgan fingerprint density at radius 1 is 1.48 bits per heavy atom. The van der Waals surface area contributed by atoms with Crippen LogP contribution in [0.3, 0.4) is 0 Å². The number of aromatic nitrogens is 3. The average molecular weight is 333 g/mol. The van der Waals surface area contributed by atoms with E-state index in [1.54, 1.807) is 17.5 Å². The lowest BCUT2D eigenvalue weighted by atomic mass is 9.94. The third-order valence-electron chi connectivity index (χ3n) is 4.12. The number of thiazole rings is 1. The maximum Gasteiger partial charge on any atom is 0.255 e. The molecule has 0 radical (unpaired) electrons. The molecule has 3 rings (SSSR count). The maximum absolute atomic E-state index is 12.5. The number of rotatable bonds is 5. The van der Waals surface area contributed by atoms with Crippen LogP contribution in [0.2, 0.25) is 0 Å². The van der Waals surface area contributed by atoms with E-state index in [0.29, 0.717) is 18.0 Å². The third kappa shape index (κ3) is 3.79. The molecule has 2 aromatic heterocycles. The minimum absolute atomic E-state index is 0.0513. The summed E-state index contributed by atoms with van der Waals surface area (Å²) in [4.78, 5) is 20.1. The van der Waals surface area contributed by atoms with Crippen molar-refractivity contribution in [1.82, 2.24) is 25.0 Å². The van der Waals surface area contributed by atoms with Crippen LogP contribution < -0.4 is 5.32 Å². The molecule has 124 valence electrons. The lowest BCUT2D eigenvalue weighted by molar-refractivity contribution is 0.0949. The quantitative estimate of drug-likeness (QED) is 0.905. The molecule has 23 heavy (non-hydrogen) atoms. The highest BCUT2D eigenvalue weighted by atomic mass is 32.1. The summed E-state index contributed by atoms with van der Waals surface area (Å²) in [5.74, 6) is 0.534. The Hall–Kier alpha value is -1.73. The summed E-state index contributed by atoms with van der Waals surface area (Å²) < 4.78 is 1.98. The van der Waals surface area contributed by atoms with Gasteiger partial charge >= 0.3 is 0 Å². The van der Waals surface area contributed by atoms with Crippen molar-refractivity contribution in [3.05, 3.63) is 33.5 Å². The second-order valence-electron chi connectivity index (χ2n) is 6.40. The normalized spacial score (nSPS) is 17.3. The lowest BCUT2D eigenvalue weighted by Crippen LogP contribution is -2.31. The minimum atomic E-state index is -0.0513. The van der Waals surface area contributed by atoms with Crippen LogP contribution in [0.25, 0.3) is 0 Å². The molecule has 1 aliphatic heterocycles. The van der Waals surface area contributed by atoms with Crippen LogP contribution in [-0.2, 0) is 19.5 Å². The van der Waals surface area contributed by atoms with Gasteiger partial charge in [-0.05, 0) is 39.8 Å². The van der Waals surface area contributed by atoms with E-state index in [-0.39, 0.29) is 5.91 Å². The zero-order valence-electron chi connectivity index (χ0n) is 13.9. The van der Waals surface area contributed by atoms with Crippen molar-refractivity contribution in [2.24, 2.45) is 5.92 Å². The Kier molecular flexibility index (Phi) is 4.77. The van der Waals surface area contributed by atoms with E-state index in [1.165, 1.54) is 0 Å². The molecule has 0 saturated heterocycles. The van der Waals surface area contributed by atoms with E-state index < -0.39 is 0 Å². The Morgan fingerprint density at radius 2 is 2.30 bits per heavy atom. The van der Waals surface area contributed by atoms with Crippen molar-refractivity contribution in [3.8, 4) is 0 Å². The zero-order valence-corrected chi connectivity index (χ0v) is 14.7. The van der Waals surface area contributed by atoms with Crippen molar-refractivity contribution >= 4 is 17.2 Å². The van der Waals surface area contributed by atoms with Crippen LogP contribution in [0, 0.1) is 12.8 Å². The number of amides is 1. The molecule has 0 spiro atoms. The molecule has 2 aromatic rings. The number of nitrogens with one attached hydrogen (secondary N) is 1. The van der Waals surface area contributed by atoms with Gasteiger partial charge in [-0.15, -0.1) is 11.3 Å². The van der Waals surface area contributed by atoms with Gasteiger partial charge in [0.2, 0.25) is 0 Å². The Morgan fingerprint density at radius 3 is 3.00 bits per heavy atom. The minimum Gasteiger partial charge on any atom is -0.345 e.